The predicted octanol–water partition coefficient (Wildman–Crippen LogP) is 4.34. The minimum Gasteiger partial charge on any atom is -0.496 e. The summed E-state index contributed by atoms with van der Waals surface area (Å²) >= 11 is 0. The lowest BCUT2D eigenvalue weighted by Gasteiger charge is -2.10. The Morgan fingerprint density at radius 3 is 2.61 bits per heavy atom. The third kappa shape index (κ3) is 3.08. The Bertz CT molecular complexity index is 855. The standard InChI is InChI=1S/C18H15NO4/c1-22-15-9-10-18(17(11-15)19(20)21)23-12-14-7-4-6-13-5-2-3-8-16(13)14/h2-11H,12H2,1H3. The monoisotopic (exact) mass is 309 g/mol. The average Bonchev–Trinajstić information content (AvgIpc) is 2.59. The zero-order valence-corrected chi connectivity index (χ0v) is 12.6. The molecule has 0 atom stereocenters. The smallest absolute Gasteiger partial charge is 0.314 e. The first-order chi connectivity index (χ1) is 11.2. The van der Waals surface area contributed by atoms with Gasteiger partial charge in [-0.05, 0) is 28.5 Å². The zero-order chi connectivity index (χ0) is 16.2. The van der Waals surface area contributed by atoms with Gasteiger partial charge < -0.3 is 9.47 Å². The Labute approximate surface area is 133 Å². The first-order valence-electron chi connectivity index (χ1n) is 7.11. The molecule has 0 N–H and O–H groups in total. The predicted molar refractivity (Wildman–Crippen MR) is 87.9 cm³/mol. The van der Waals surface area contributed by atoms with Crippen LogP contribution in [0.2, 0.25) is 0 Å². The van der Waals surface area contributed by atoms with E-state index in [-0.39, 0.29) is 18.0 Å². The average molecular weight is 309 g/mol. The molecule has 3 aromatic rings. The van der Waals surface area contributed by atoms with Crippen LogP contribution in [-0.4, -0.2) is 12.0 Å². The van der Waals surface area contributed by atoms with Crippen LogP contribution in [0.3, 0.4) is 0 Å². The number of nitrogens with zero attached hydrogens (tertiary/aromatic N) is 1. The van der Waals surface area contributed by atoms with Crippen molar-refractivity contribution in [2.45, 2.75) is 6.61 Å². The SMILES string of the molecule is COc1ccc(OCc2cccc3ccccc23)c([N+](=O)[O-])c1. The zero-order valence-electron chi connectivity index (χ0n) is 12.6. The van der Waals surface area contributed by atoms with E-state index >= 15 is 0 Å². The van der Waals surface area contributed by atoms with Crippen LogP contribution in [-0.2, 0) is 6.61 Å². The third-order valence-electron chi connectivity index (χ3n) is 3.63. The van der Waals surface area contributed by atoms with Crippen molar-refractivity contribution in [1.82, 2.24) is 0 Å². The molecular formula is C18H15NO4. The van der Waals surface area contributed by atoms with Crippen molar-refractivity contribution in [2.75, 3.05) is 7.11 Å². The Morgan fingerprint density at radius 1 is 1.04 bits per heavy atom. The quantitative estimate of drug-likeness (QED) is 0.519. The van der Waals surface area contributed by atoms with Crippen molar-refractivity contribution in [3.8, 4) is 11.5 Å². The number of methoxy groups -OCH3 is 1. The maximum Gasteiger partial charge on any atom is 0.314 e. The molecule has 0 bridgehead atoms. The molecule has 0 saturated heterocycles. The summed E-state index contributed by atoms with van der Waals surface area (Å²) in [6.07, 6.45) is 0. The van der Waals surface area contributed by atoms with Crippen LogP contribution < -0.4 is 9.47 Å². The number of rotatable bonds is 5. The highest BCUT2D eigenvalue weighted by molar-refractivity contribution is 5.85. The topological polar surface area (TPSA) is 61.6 Å². The fourth-order valence-electron chi connectivity index (χ4n) is 2.46. The first kappa shape index (κ1) is 14.8. The maximum absolute atomic E-state index is 11.2. The van der Waals surface area contributed by atoms with Gasteiger partial charge in [-0.15, -0.1) is 0 Å². The minimum atomic E-state index is -0.471. The number of hydrogen-bond acceptors (Lipinski definition) is 4. The Hall–Kier alpha value is -3.08. The molecule has 0 amide bonds. The van der Waals surface area contributed by atoms with Crippen LogP contribution in [0.1, 0.15) is 5.56 Å². The highest BCUT2D eigenvalue weighted by atomic mass is 16.6. The highest BCUT2D eigenvalue weighted by Crippen LogP contribution is 2.32. The number of benzene rings is 3. The molecule has 0 aliphatic rings. The minimum absolute atomic E-state index is 0.107. The Morgan fingerprint density at radius 2 is 1.83 bits per heavy atom. The molecule has 0 aliphatic heterocycles. The van der Waals surface area contributed by atoms with E-state index in [2.05, 4.69) is 0 Å². The van der Waals surface area contributed by atoms with Crippen LogP contribution in [0.5, 0.6) is 11.5 Å². The van der Waals surface area contributed by atoms with Crippen LogP contribution in [0.4, 0.5) is 5.69 Å². The van der Waals surface area contributed by atoms with E-state index < -0.39 is 4.92 Å². The summed E-state index contributed by atoms with van der Waals surface area (Å²) in [6, 6.07) is 18.5. The van der Waals surface area contributed by atoms with Crippen molar-refractivity contribution in [1.29, 1.82) is 0 Å². The molecule has 5 heteroatoms. The summed E-state index contributed by atoms with van der Waals surface area (Å²) in [5, 5.41) is 13.4. The highest BCUT2D eigenvalue weighted by Gasteiger charge is 2.16. The lowest BCUT2D eigenvalue weighted by molar-refractivity contribution is -0.386. The third-order valence-corrected chi connectivity index (χ3v) is 3.63. The van der Waals surface area contributed by atoms with E-state index in [1.54, 1.807) is 12.1 Å². The Balaban J connectivity index is 1.89. The second kappa shape index (κ2) is 6.36. The number of ether oxygens (including phenoxy) is 2. The van der Waals surface area contributed by atoms with Gasteiger partial charge in [-0.1, -0.05) is 42.5 Å². The van der Waals surface area contributed by atoms with Crippen LogP contribution in [0.25, 0.3) is 10.8 Å². The molecule has 23 heavy (non-hydrogen) atoms. The van der Waals surface area contributed by atoms with Gasteiger partial charge in [0.15, 0.2) is 5.75 Å². The largest absolute Gasteiger partial charge is 0.496 e. The van der Waals surface area contributed by atoms with E-state index in [0.717, 1.165) is 16.3 Å². The van der Waals surface area contributed by atoms with Crippen LogP contribution >= 0.6 is 0 Å². The lowest BCUT2D eigenvalue weighted by atomic mass is 10.1. The van der Waals surface area contributed by atoms with Gasteiger partial charge in [0, 0.05) is 0 Å². The van der Waals surface area contributed by atoms with Gasteiger partial charge in [-0.3, -0.25) is 10.1 Å². The molecule has 0 fully saturated rings. The molecule has 3 aromatic carbocycles. The number of nitro benzene ring substituents is 1. The molecule has 0 aromatic heterocycles. The summed E-state index contributed by atoms with van der Waals surface area (Å²) in [5.74, 6) is 0.651. The molecule has 0 spiro atoms. The van der Waals surface area contributed by atoms with Crippen molar-refractivity contribution >= 4 is 16.5 Å². The van der Waals surface area contributed by atoms with Crippen molar-refractivity contribution < 1.29 is 14.4 Å². The number of nitro groups is 1. The molecule has 116 valence electrons. The summed E-state index contributed by atoms with van der Waals surface area (Å²) < 4.78 is 10.7. The van der Waals surface area contributed by atoms with E-state index in [1.807, 2.05) is 42.5 Å². The number of fused-ring (bicyclic) bond motifs is 1. The van der Waals surface area contributed by atoms with E-state index in [0.29, 0.717) is 5.75 Å². The van der Waals surface area contributed by atoms with E-state index in [1.165, 1.54) is 13.2 Å². The fraction of sp³-hybridized carbons (Fsp3) is 0.111. The molecule has 0 aliphatic carbocycles. The van der Waals surface area contributed by atoms with E-state index in [4.69, 9.17) is 9.47 Å². The van der Waals surface area contributed by atoms with E-state index in [9.17, 15) is 10.1 Å². The molecule has 5 nitrogen and oxygen atoms in total. The summed E-state index contributed by atoms with van der Waals surface area (Å²) in [5.41, 5.74) is 0.873. The molecule has 0 radical (unpaired) electrons. The van der Waals surface area contributed by atoms with Gasteiger partial charge >= 0.3 is 5.69 Å². The molecule has 0 saturated carbocycles. The summed E-state index contributed by atoms with van der Waals surface area (Å²) in [7, 11) is 1.47. The van der Waals surface area contributed by atoms with Gasteiger partial charge in [0.2, 0.25) is 0 Å². The molecule has 3 rings (SSSR count). The molecule has 0 heterocycles. The van der Waals surface area contributed by atoms with Gasteiger partial charge in [0.25, 0.3) is 0 Å². The van der Waals surface area contributed by atoms with Crippen molar-refractivity contribution in [3.63, 3.8) is 0 Å². The van der Waals surface area contributed by atoms with Gasteiger partial charge in [0.05, 0.1) is 18.1 Å². The molecular weight excluding hydrogens is 294 g/mol. The van der Waals surface area contributed by atoms with Crippen molar-refractivity contribution in [2.24, 2.45) is 0 Å². The van der Waals surface area contributed by atoms with Gasteiger partial charge in [-0.25, -0.2) is 0 Å². The first-order valence-corrected chi connectivity index (χ1v) is 7.11. The van der Waals surface area contributed by atoms with Gasteiger partial charge in [0.1, 0.15) is 12.4 Å². The summed E-state index contributed by atoms with van der Waals surface area (Å²) in [4.78, 5) is 10.7. The second-order valence-corrected chi connectivity index (χ2v) is 5.02. The molecule has 0 unspecified atom stereocenters. The fourth-order valence-corrected chi connectivity index (χ4v) is 2.46. The van der Waals surface area contributed by atoms with Gasteiger partial charge in [-0.2, -0.15) is 0 Å². The maximum atomic E-state index is 11.2. The normalized spacial score (nSPS) is 10.5. The van der Waals surface area contributed by atoms with Crippen LogP contribution in [0.15, 0.2) is 60.7 Å². The number of hydrogen-bond donors (Lipinski definition) is 0. The van der Waals surface area contributed by atoms with Crippen LogP contribution in [0, 0.1) is 10.1 Å². The Kier molecular flexibility index (Phi) is 4.10. The summed E-state index contributed by atoms with van der Waals surface area (Å²) in [6.45, 7) is 0.258. The second-order valence-electron chi connectivity index (χ2n) is 5.02. The lowest BCUT2D eigenvalue weighted by Crippen LogP contribution is -2.00. The van der Waals surface area contributed by atoms with Crippen molar-refractivity contribution in [3.05, 3.63) is 76.3 Å².